The molecule has 100 valence electrons. The van der Waals surface area contributed by atoms with Crippen molar-refractivity contribution in [2.24, 2.45) is 0 Å². The van der Waals surface area contributed by atoms with Crippen molar-refractivity contribution >= 4 is 5.78 Å². The van der Waals surface area contributed by atoms with Crippen molar-refractivity contribution in [3.8, 4) is 5.75 Å². The first-order chi connectivity index (χ1) is 9.10. The van der Waals surface area contributed by atoms with Crippen LogP contribution in [0.25, 0.3) is 0 Å². The number of likely N-dealkylation sites (N-methyl/N-ethyl adjacent to an activating group) is 1. The van der Waals surface area contributed by atoms with Crippen LogP contribution in [-0.2, 0) is 0 Å². The summed E-state index contributed by atoms with van der Waals surface area (Å²) in [5, 5.41) is 0. The summed E-state index contributed by atoms with van der Waals surface area (Å²) in [5.74, 6) is 0.858. The van der Waals surface area contributed by atoms with Gasteiger partial charge in [0, 0.05) is 31.8 Å². The Morgan fingerprint density at radius 3 is 2.79 bits per heavy atom. The van der Waals surface area contributed by atoms with Crippen LogP contribution in [0.3, 0.4) is 0 Å². The van der Waals surface area contributed by atoms with Crippen LogP contribution in [0.5, 0.6) is 5.75 Å². The van der Waals surface area contributed by atoms with E-state index in [4.69, 9.17) is 4.74 Å². The van der Waals surface area contributed by atoms with Gasteiger partial charge in [0.05, 0.1) is 7.11 Å². The van der Waals surface area contributed by atoms with E-state index in [0.29, 0.717) is 12.0 Å². The molecule has 0 saturated heterocycles. The molecule has 0 amide bonds. The van der Waals surface area contributed by atoms with E-state index >= 15 is 0 Å². The Morgan fingerprint density at radius 1 is 1.37 bits per heavy atom. The molecule has 19 heavy (non-hydrogen) atoms. The van der Waals surface area contributed by atoms with Crippen molar-refractivity contribution in [3.63, 3.8) is 0 Å². The highest BCUT2D eigenvalue weighted by molar-refractivity contribution is 5.98. The summed E-state index contributed by atoms with van der Waals surface area (Å²) in [6.07, 6.45) is 5.58. The van der Waals surface area contributed by atoms with E-state index in [1.807, 2.05) is 32.3 Å². The van der Waals surface area contributed by atoms with Gasteiger partial charge in [0.25, 0.3) is 0 Å². The molecule has 0 heterocycles. The Morgan fingerprint density at radius 2 is 2.16 bits per heavy atom. The lowest BCUT2D eigenvalue weighted by Gasteiger charge is -2.10. The molecule has 0 aliphatic heterocycles. The van der Waals surface area contributed by atoms with Gasteiger partial charge in [-0.1, -0.05) is 23.8 Å². The largest absolute Gasteiger partial charge is 0.497 e. The molecule has 1 aromatic carbocycles. The van der Waals surface area contributed by atoms with E-state index in [9.17, 15) is 4.79 Å². The average molecular weight is 257 g/mol. The average Bonchev–Trinajstić information content (AvgIpc) is 2.87. The summed E-state index contributed by atoms with van der Waals surface area (Å²) in [5.41, 5.74) is 3.04. The Kier molecular flexibility index (Phi) is 4.05. The number of ether oxygens (including phenoxy) is 1. The van der Waals surface area contributed by atoms with Gasteiger partial charge >= 0.3 is 0 Å². The number of ketones is 1. The summed E-state index contributed by atoms with van der Waals surface area (Å²) < 4.78 is 5.14. The molecule has 1 aromatic rings. The Hall–Kier alpha value is -2.03. The van der Waals surface area contributed by atoms with Crippen molar-refractivity contribution in [3.05, 3.63) is 53.3 Å². The first-order valence-electron chi connectivity index (χ1n) is 6.34. The van der Waals surface area contributed by atoms with E-state index in [2.05, 4.69) is 17.1 Å². The molecule has 0 N–H and O–H groups in total. The van der Waals surface area contributed by atoms with Crippen LogP contribution in [0.1, 0.15) is 23.2 Å². The van der Waals surface area contributed by atoms with Crippen LogP contribution in [-0.4, -0.2) is 31.9 Å². The fourth-order valence-electron chi connectivity index (χ4n) is 2.10. The van der Waals surface area contributed by atoms with Gasteiger partial charge in [-0.25, -0.2) is 0 Å². The molecule has 0 fully saturated rings. The molecule has 1 aliphatic rings. The highest BCUT2D eigenvalue weighted by Crippen LogP contribution is 2.24. The molecule has 0 atom stereocenters. The van der Waals surface area contributed by atoms with Gasteiger partial charge in [-0.2, -0.15) is 0 Å². The molecule has 2 rings (SSSR count). The molecule has 1 aliphatic carbocycles. The zero-order valence-electron chi connectivity index (χ0n) is 11.6. The topological polar surface area (TPSA) is 29.5 Å². The number of carbonyl (C=O) groups excluding carboxylic acids is 1. The van der Waals surface area contributed by atoms with Gasteiger partial charge in [-0.3, -0.25) is 4.79 Å². The van der Waals surface area contributed by atoms with Crippen LogP contribution in [0, 0.1) is 0 Å². The van der Waals surface area contributed by atoms with Gasteiger partial charge in [0.15, 0.2) is 5.78 Å². The number of nitrogens with zero attached hydrogens (tertiary/aromatic N) is 1. The lowest BCUT2D eigenvalue weighted by molar-refractivity contribution is 0.0992. The Labute approximate surface area is 114 Å². The summed E-state index contributed by atoms with van der Waals surface area (Å²) in [6, 6.07) is 7.31. The smallest absolute Gasteiger partial charge is 0.167 e. The molecular weight excluding hydrogens is 238 g/mol. The van der Waals surface area contributed by atoms with Crippen molar-refractivity contribution in [2.75, 3.05) is 21.2 Å². The number of hydrogen-bond acceptors (Lipinski definition) is 3. The Balaban J connectivity index is 2.04. The normalized spacial score (nSPS) is 13.8. The SMILES string of the molecule is COc1cccc(C(=O)CC2=CC(N(C)C)=CC2)c1. The van der Waals surface area contributed by atoms with Crippen molar-refractivity contribution in [1.82, 2.24) is 4.90 Å². The first-order valence-corrected chi connectivity index (χ1v) is 6.34. The number of allylic oxidation sites excluding steroid dienone is 3. The monoisotopic (exact) mass is 257 g/mol. The lowest BCUT2D eigenvalue weighted by atomic mass is 10.0. The third-order valence-corrected chi connectivity index (χ3v) is 3.22. The van der Waals surface area contributed by atoms with Crippen LogP contribution < -0.4 is 4.74 Å². The zero-order valence-corrected chi connectivity index (χ0v) is 11.6. The predicted molar refractivity (Wildman–Crippen MR) is 76.4 cm³/mol. The van der Waals surface area contributed by atoms with Gasteiger partial charge < -0.3 is 9.64 Å². The molecule has 0 saturated carbocycles. The summed E-state index contributed by atoms with van der Waals surface area (Å²) in [4.78, 5) is 14.3. The zero-order chi connectivity index (χ0) is 13.8. The maximum Gasteiger partial charge on any atom is 0.167 e. The van der Waals surface area contributed by atoms with Crippen molar-refractivity contribution in [2.45, 2.75) is 12.8 Å². The molecule has 0 bridgehead atoms. The summed E-state index contributed by atoms with van der Waals surface area (Å²) >= 11 is 0. The number of Topliss-reactive ketones (excluding diaryl/α,β-unsaturated/α-hetero) is 1. The highest BCUT2D eigenvalue weighted by Gasteiger charge is 2.13. The first kappa shape index (κ1) is 13.4. The number of methoxy groups -OCH3 is 1. The summed E-state index contributed by atoms with van der Waals surface area (Å²) in [6.45, 7) is 0. The van der Waals surface area contributed by atoms with Crippen LogP contribution >= 0.6 is 0 Å². The quantitative estimate of drug-likeness (QED) is 0.759. The minimum absolute atomic E-state index is 0.138. The fraction of sp³-hybridized carbons (Fsp3) is 0.312. The number of carbonyl (C=O) groups is 1. The molecule has 3 heteroatoms. The van der Waals surface area contributed by atoms with E-state index in [-0.39, 0.29) is 5.78 Å². The maximum absolute atomic E-state index is 12.2. The van der Waals surface area contributed by atoms with Crippen molar-refractivity contribution < 1.29 is 9.53 Å². The molecule has 3 nitrogen and oxygen atoms in total. The lowest BCUT2D eigenvalue weighted by Crippen LogP contribution is -2.07. The van der Waals surface area contributed by atoms with Crippen LogP contribution in [0.15, 0.2) is 47.7 Å². The molecule has 0 unspecified atom stereocenters. The van der Waals surface area contributed by atoms with Gasteiger partial charge in [0.1, 0.15) is 5.75 Å². The number of hydrogen-bond donors (Lipinski definition) is 0. The van der Waals surface area contributed by atoms with Crippen LogP contribution in [0.2, 0.25) is 0 Å². The maximum atomic E-state index is 12.2. The number of rotatable bonds is 5. The van der Waals surface area contributed by atoms with Crippen molar-refractivity contribution in [1.29, 1.82) is 0 Å². The van der Waals surface area contributed by atoms with E-state index < -0.39 is 0 Å². The minimum Gasteiger partial charge on any atom is -0.497 e. The standard InChI is InChI=1S/C16H19NO2/c1-17(2)14-8-7-12(9-14)10-16(18)13-5-4-6-15(11-13)19-3/h4-6,8-9,11H,7,10H2,1-3H3. The van der Waals surface area contributed by atoms with E-state index in [1.54, 1.807) is 13.2 Å². The predicted octanol–water partition coefficient (Wildman–Crippen LogP) is 3.04. The van der Waals surface area contributed by atoms with E-state index in [1.165, 1.54) is 5.70 Å². The third-order valence-electron chi connectivity index (χ3n) is 3.22. The minimum atomic E-state index is 0.138. The molecule has 0 aromatic heterocycles. The van der Waals surface area contributed by atoms with Gasteiger partial charge in [0.2, 0.25) is 0 Å². The second kappa shape index (κ2) is 5.74. The van der Waals surface area contributed by atoms with E-state index in [0.717, 1.165) is 17.7 Å². The molecule has 0 radical (unpaired) electrons. The summed E-state index contributed by atoms with van der Waals surface area (Å²) in [7, 11) is 5.63. The second-order valence-electron chi connectivity index (χ2n) is 4.86. The molecule has 0 spiro atoms. The third kappa shape index (κ3) is 3.25. The molecular formula is C16H19NO2. The van der Waals surface area contributed by atoms with Gasteiger partial charge in [-0.05, 0) is 24.6 Å². The fourth-order valence-corrected chi connectivity index (χ4v) is 2.10. The van der Waals surface area contributed by atoms with Gasteiger partial charge in [-0.15, -0.1) is 0 Å². The number of benzene rings is 1. The Bertz CT molecular complexity index is 541. The highest BCUT2D eigenvalue weighted by atomic mass is 16.5. The second-order valence-corrected chi connectivity index (χ2v) is 4.86. The van der Waals surface area contributed by atoms with Crippen LogP contribution in [0.4, 0.5) is 0 Å².